The van der Waals surface area contributed by atoms with Crippen LogP contribution in [0.3, 0.4) is 0 Å². The molecule has 0 radical (unpaired) electrons. The van der Waals surface area contributed by atoms with Crippen molar-refractivity contribution in [2.45, 2.75) is 12.8 Å². The molecule has 0 saturated heterocycles. The van der Waals surface area contributed by atoms with Crippen molar-refractivity contribution >= 4 is 27.2 Å². The zero-order valence-corrected chi connectivity index (χ0v) is 17.3. The lowest BCUT2D eigenvalue weighted by Gasteiger charge is -2.08. The van der Waals surface area contributed by atoms with Crippen LogP contribution in [0.15, 0.2) is 84.9 Å². The lowest BCUT2D eigenvalue weighted by Crippen LogP contribution is -2.25. The summed E-state index contributed by atoms with van der Waals surface area (Å²) in [6.45, 7) is 0. The number of anilines is 1. The third-order valence-electron chi connectivity index (χ3n) is 4.56. The van der Waals surface area contributed by atoms with Gasteiger partial charge in [-0.2, -0.15) is 0 Å². The second kappa shape index (κ2) is 9.98. The third kappa shape index (κ3) is 6.39. The van der Waals surface area contributed by atoms with Gasteiger partial charge in [0.15, 0.2) is 15.6 Å². The van der Waals surface area contributed by atoms with E-state index >= 15 is 0 Å². The number of amides is 1. The number of aryl methyl sites for hydroxylation is 1. The van der Waals surface area contributed by atoms with Gasteiger partial charge < -0.3 is 5.32 Å². The van der Waals surface area contributed by atoms with Crippen molar-refractivity contribution in [3.63, 3.8) is 0 Å². The van der Waals surface area contributed by atoms with Crippen LogP contribution < -0.4 is 5.32 Å². The summed E-state index contributed by atoms with van der Waals surface area (Å²) in [5, 5.41) is 2.58. The summed E-state index contributed by atoms with van der Waals surface area (Å²) in [6.07, 6.45) is 1.10. The minimum atomic E-state index is -3.52. The zero-order chi connectivity index (χ0) is 21.4. The van der Waals surface area contributed by atoms with E-state index in [-0.39, 0.29) is 11.5 Å². The largest absolute Gasteiger partial charge is 0.325 e. The number of carbonyl (C=O) groups excluding carboxylic acids is 2. The number of sulfone groups is 1. The van der Waals surface area contributed by atoms with Crippen LogP contribution in [0, 0.1) is 0 Å². The number of carbonyl (C=O) groups is 2. The first-order valence-electron chi connectivity index (χ1n) is 9.67. The van der Waals surface area contributed by atoms with E-state index in [1.165, 1.54) is 0 Å². The molecule has 6 heteroatoms. The molecule has 0 aliphatic carbocycles. The van der Waals surface area contributed by atoms with Crippen LogP contribution in [0.5, 0.6) is 0 Å². The molecular formula is C24H23NO4S. The summed E-state index contributed by atoms with van der Waals surface area (Å²) in [7, 11) is -3.52. The van der Waals surface area contributed by atoms with Crippen molar-refractivity contribution in [2.24, 2.45) is 0 Å². The summed E-state index contributed by atoms with van der Waals surface area (Å²) in [4.78, 5) is 24.8. The van der Waals surface area contributed by atoms with E-state index in [9.17, 15) is 18.0 Å². The molecule has 0 aromatic heterocycles. The van der Waals surface area contributed by atoms with Gasteiger partial charge in [0.25, 0.3) is 0 Å². The van der Waals surface area contributed by atoms with Crippen molar-refractivity contribution in [3.05, 3.63) is 102 Å². The molecule has 154 valence electrons. The fraction of sp³-hybridized carbons (Fsp3) is 0.167. The highest BCUT2D eigenvalue weighted by Gasteiger charge is 2.17. The molecule has 0 aliphatic heterocycles. The minimum absolute atomic E-state index is 0.0537. The average molecular weight is 422 g/mol. The highest BCUT2D eigenvalue weighted by molar-refractivity contribution is 7.92. The summed E-state index contributed by atoms with van der Waals surface area (Å²) in [5.41, 5.74) is 2.42. The first-order valence-corrected chi connectivity index (χ1v) is 11.5. The molecule has 3 aromatic rings. The molecule has 0 fully saturated rings. The highest BCUT2D eigenvalue weighted by Crippen LogP contribution is 2.15. The lowest BCUT2D eigenvalue weighted by atomic mass is 10.0. The standard InChI is InChI=1S/C24H23NO4S/c26-23(18-30(28,29)16-8-11-19-9-3-1-4-10-19)25-22-15-7-14-21(17-22)24(27)20-12-5-2-6-13-20/h1-7,9-10,12-15,17H,8,11,16,18H2,(H,25,26). The molecule has 0 atom stereocenters. The Morgan fingerprint density at radius 2 is 1.40 bits per heavy atom. The summed E-state index contributed by atoms with van der Waals surface area (Å²) >= 11 is 0. The van der Waals surface area contributed by atoms with E-state index in [2.05, 4.69) is 5.32 Å². The van der Waals surface area contributed by atoms with Gasteiger partial charge in [0, 0.05) is 16.8 Å². The third-order valence-corrected chi connectivity index (χ3v) is 6.17. The Labute approximate surface area is 176 Å². The first kappa shape index (κ1) is 21.5. The zero-order valence-electron chi connectivity index (χ0n) is 16.5. The molecule has 30 heavy (non-hydrogen) atoms. The number of ketones is 1. The van der Waals surface area contributed by atoms with Crippen LogP contribution in [0.2, 0.25) is 0 Å². The Morgan fingerprint density at radius 3 is 2.10 bits per heavy atom. The molecule has 0 bridgehead atoms. The van der Waals surface area contributed by atoms with E-state index in [4.69, 9.17) is 0 Å². The smallest absolute Gasteiger partial charge is 0.239 e. The van der Waals surface area contributed by atoms with Gasteiger partial charge in [0.1, 0.15) is 5.75 Å². The molecule has 5 nitrogen and oxygen atoms in total. The van der Waals surface area contributed by atoms with Crippen LogP contribution in [0.1, 0.15) is 27.9 Å². The van der Waals surface area contributed by atoms with E-state index in [0.29, 0.717) is 29.7 Å². The molecule has 0 saturated carbocycles. The molecule has 1 N–H and O–H groups in total. The number of hydrogen-bond acceptors (Lipinski definition) is 4. The summed E-state index contributed by atoms with van der Waals surface area (Å²) in [5.74, 6) is -1.42. The first-order chi connectivity index (χ1) is 14.4. The van der Waals surface area contributed by atoms with Crippen LogP contribution >= 0.6 is 0 Å². The molecule has 0 heterocycles. The normalized spacial score (nSPS) is 11.1. The fourth-order valence-corrected chi connectivity index (χ4v) is 4.30. The van der Waals surface area contributed by atoms with Gasteiger partial charge in [0.05, 0.1) is 5.75 Å². The summed E-state index contributed by atoms with van der Waals surface area (Å²) in [6, 6.07) is 24.9. The molecule has 0 aliphatic rings. The van der Waals surface area contributed by atoms with E-state index in [1.54, 1.807) is 48.5 Å². The van der Waals surface area contributed by atoms with Crippen molar-refractivity contribution in [3.8, 4) is 0 Å². The molecule has 3 aromatic carbocycles. The minimum Gasteiger partial charge on any atom is -0.325 e. The highest BCUT2D eigenvalue weighted by atomic mass is 32.2. The van der Waals surface area contributed by atoms with E-state index in [0.717, 1.165) is 5.56 Å². The Morgan fingerprint density at radius 1 is 0.767 bits per heavy atom. The van der Waals surface area contributed by atoms with Crippen molar-refractivity contribution in [1.82, 2.24) is 0 Å². The Bertz CT molecular complexity index is 1110. The Kier molecular flexibility index (Phi) is 7.14. The lowest BCUT2D eigenvalue weighted by molar-refractivity contribution is -0.113. The van der Waals surface area contributed by atoms with E-state index in [1.807, 2.05) is 36.4 Å². The number of rotatable bonds is 9. The van der Waals surface area contributed by atoms with Crippen molar-refractivity contribution in [1.29, 1.82) is 0 Å². The predicted octanol–water partition coefficient (Wildman–Crippen LogP) is 3.90. The van der Waals surface area contributed by atoms with Gasteiger partial charge >= 0.3 is 0 Å². The molecular weight excluding hydrogens is 398 g/mol. The molecule has 0 unspecified atom stereocenters. The monoisotopic (exact) mass is 421 g/mol. The maximum absolute atomic E-state index is 12.5. The van der Waals surface area contributed by atoms with Crippen molar-refractivity contribution in [2.75, 3.05) is 16.8 Å². The fourth-order valence-electron chi connectivity index (χ4n) is 3.10. The van der Waals surface area contributed by atoms with Gasteiger partial charge in [-0.15, -0.1) is 0 Å². The Balaban J connectivity index is 1.56. The van der Waals surface area contributed by atoms with Crippen LogP contribution in [-0.4, -0.2) is 31.6 Å². The van der Waals surface area contributed by atoms with Crippen molar-refractivity contribution < 1.29 is 18.0 Å². The van der Waals surface area contributed by atoms with Crippen LogP contribution in [0.4, 0.5) is 5.69 Å². The van der Waals surface area contributed by atoms with Gasteiger partial charge in [-0.25, -0.2) is 8.42 Å². The molecule has 0 spiro atoms. The maximum Gasteiger partial charge on any atom is 0.239 e. The SMILES string of the molecule is O=C(CS(=O)(=O)CCCc1ccccc1)Nc1cccc(C(=O)c2ccccc2)c1. The van der Waals surface area contributed by atoms with Gasteiger partial charge in [-0.3, -0.25) is 9.59 Å². The number of hydrogen-bond donors (Lipinski definition) is 1. The van der Waals surface area contributed by atoms with Gasteiger partial charge in [0.2, 0.25) is 5.91 Å². The average Bonchev–Trinajstić information content (AvgIpc) is 2.74. The maximum atomic E-state index is 12.5. The van der Waals surface area contributed by atoms with Crippen LogP contribution in [-0.2, 0) is 21.1 Å². The van der Waals surface area contributed by atoms with Gasteiger partial charge in [-0.1, -0.05) is 72.8 Å². The summed E-state index contributed by atoms with van der Waals surface area (Å²) < 4.78 is 24.5. The van der Waals surface area contributed by atoms with E-state index < -0.39 is 21.5 Å². The number of benzene rings is 3. The second-order valence-corrected chi connectivity index (χ2v) is 9.19. The topological polar surface area (TPSA) is 80.3 Å². The predicted molar refractivity (Wildman–Crippen MR) is 118 cm³/mol. The quantitative estimate of drug-likeness (QED) is 0.531. The second-order valence-electron chi connectivity index (χ2n) is 7.01. The number of nitrogens with one attached hydrogen (secondary N) is 1. The molecule has 1 amide bonds. The molecule has 3 rings (SSSR count). The Hall–Kier alpha value is -3.25. The van der Waals surface area contributed by atoms with Crippen LogP contribution in [0.25, 0.3) is 0 Å². The van der Waals surface area contributed by atoms with Gasteiger partial charge in [-0.05, 0) is 30.5 Å².